The number of aromatic nitrogens is 2. The number of methoxy groups -OCH3 is 1. The Morgan fingerprint density at radius 2 is 1.95 bits per heavy atom. The number of hydrogen-bond donors (Lipinski definition) is 1. The average molecular weight is 537 g/mol. The van der Waals surface area contributed by atoms with Gasteiger partial charge in [0.25, 0.3) is 0 Å². The van der Waals surface area contributed by atoms with Crippen LogP contribution in [0.3, 0.4) is 0 Å². The number of carbonyl (C=O) groups excluding carboxylic acids is 1. The molecule has 37 heavy (non-hydrogen) atoms. The molecular weight excluding hydrogens is 509 g/mol. The molecule has 2 aromatic rings. The van der Waals surface area contributed by atoms with E-state index in [9.17, 15) is 31.5 Å². The lowest BCUT2D eigenvalue weighted by Crippen LogP contribution is -2.30. The number of carbonyl (C=O) groups is 1. The van der Waals surface area contributed by atoms with Gasteiger partial charge in [0, 0.05) is 17.2 Å². The van der Waals surface area contributed by atoms with Crippen molar-refractivity contribution in [2.45, 2.75) is 50.6 Å². The third-order valence-electron chi connectivity index (χ3n) is 6.57. The second-order valence-corrected chi connectivity index (χ2v) is 11.3. The third kappa shape index (κ3) is 5.15. The van der Waals surface area contributed by atoms with Crippen LogP contribution in [0.5, 0.6) is 0 Å². The molecule has 0 fully saturated rings. The molecule has 2 aliphatic carbocycles. The maximum atomic E-state index is 13.9. The summed E-state index contributed by atoms with van der Waals surface area (Å²) < 4.78 is 73.5. The molecule has 0 amide bonds. The summed E-state index contributed by atoms with van der Waals surface area (Å²) in [6.07, 6.45) is 3.34. The van der Waals surface area contributed by atoms with Gasteiger partial charge in [0.15, 0.2) is 5.65 Å². The second kappa shape index (κ2) is 9.94. The molecule has 2 aliphatic rings. The van der Waals surface area contributed by atoms with Crippen molar-refractivity contribution in [2.24, 2.45) is 5.92 Å². The molecule has 7 nitrogen and oxygen atoms in total. The van der Waals surface area contributed by atoms with Crippen molar-refractivity contribution in [2.75, 3.05) is 7.11 Å². The zero-order chi connectivity index (χ0) is 27.1. The fraction of sp³-hybridized carbons (Fsp3) is 0.385. The fourth-order valence-electron chi connectivity index (χ4n) is 4.48. The number of aliphatic hydroxyl groups is 1. The number of allylic oxidation sites excluding steroid dienone is 5. The first-order valence-electron chi connectivity index (χ1n) is 11.7. The highest BCUT2D eigenvalue weighted by molar-refractivity contribution is 7.90. The van der Waals surface area contributed by atoms with Gasteiger partial charge in [-0.1, -0.05) is 44.2 Å². The summed E-state index contributed by atoms with van der Waals surface area (Å²) >= 11 is 0. The monoisotopic (exact) mass is 536 g/mol. The number of alkyl halides is 3. The Kier molecular flexibility index (Phi) is 7.22. The Bertz CT molecular complexity index is 1460. The molecule has 0 aliphatic heterocycles. The van der Waals surface area contributed by atoms with E-state index in [1.165, 1.54) is 25.3 Å². The van der Waals surface area contributed by atoms with Gasteiger partial charge in [-0.15, -0.1) is 0 Å². The highest BCUT2D eigenvalue weighted by Gasteiger charge is 2.36. The number of ether oxygens (including phenoxy) is 1. The molecule has 0 bridgehead atoms. The molecule has 1 N–H and O–H groups in total. The number of aliphatic hydroxyl groups excluding tert-OH is 1. The third-order valence-corrected chi connectivity index (χ3v) is 8.56. The normalized spacial score (nSPS) is 19.5. The summed E-state index contributed by atoms with van der Waals surface area (Å²) in [7, 11) is -2.98. The van der Waals surface area contributed by atoms with E-state index in [1.807, 2.05) is 19.9 Å². The van der Waals surface area contributed by atoms with Gasteiger partial charge in [0.05, 0.1) is 18.4 Å². The zero-order valence-electron chi connectivity index (χ0n) is 20.5. The molecule has 198 valence electrons. The lowest BCUT2D eigenvalue weighted by molar-refractivity contribution is -0.138. The van der Waals surface area contributed by atoms with E-state index >= 15 is 0 Å². The van der Waals surface area contributed by atoms with E-state index in [0.29, 0.717) is 17.3 Å². The molecule has 0 aromatic carbocycles. The van der Waals surface area contributed by atoms with Crippen molar-refractivity contribution in [3.63, 3.8) is 0 Å². The van der Waals surface area contributed by atoms with Gasteiger partial charge < -0.3 is 9.84 Å². The van der Waals surface area contributed by atoms with Crippen molar-refractivity contribution in [1.82, 2.24) is 8.96 Å². The van der Waals surface area contributed by atoms with Crippen LogP contribution in [-0.4, -0.2) is 40.8 Å². The molecule has 2 unspecified atom stereocenters. The minimum Gasteiger partial charge on any atom is -0.466 e. The largest absolute Gasteiger partial charge is 0.466 e. The van der Waals surface area contributed by atoms with Crippen molar-refractivity contribution in [3.8, 4) is 0 Å². The van der Waals surface area contributed by atoms with Crippen molar-refractivity contribution in [1.29, 1.82) is 0 Å². The summed E-state index contributed by atoms with van der Waals surface area (Å²) in [5.74, 6) is -0.445. The molecule has 2 aromatic heterocycles. The van der Waals surface area contributed by atoms with Crippen molar-refractivity contribution < 1.29 is 36.2 Å². The molecule has 2 heterocycles. The lowest BCUT2D eigenvalue weighted by atomic mass is 9.93. The Morgan fingerprint density at radius 1 is 1.22 bits per heavy atom. The van der Waals surface area contributed by atoms with E-state index in [1.54, 1.807) is 12.2 Å². The van der Waals surface area contributed by atoms with Gasteiger partial charge in [0.2, 0.25) is 10.0 Å². The van der Waals surface area contributed by atoms with Gasteiger partial charge in [0.1, 0.15) is 11.4 Å². The molecule has 0 radical (unpaired) electrons. The molecule has 2 atom stereocenters. The zero-order valence-corrected chi connectivity index (χ0v) is 21.3. The maximum Gasteiger partial charge on any atom is 0.417 e. The molecule has 4 rings (SSSR count). The first-order chi connectivity index (χ1) is 17.3. The smallest absolute Gasteiger partial charge is 0.417 e. The average Bonchev–Trinajstić information content (AvgIpc) is 3.27. The van der Waals surface area contributed by atoms with Crippen LogP contribution in [0.25, 0.3) is 11.0 Å². The summed E-state index contributed by atoms with van der Waals surface area (Å²) in [5, 5.41) is 10.2. The SMILES string of the molecule is COC(=O)C1=CC=C(C(O)c2cc3cc(C(F)(F)F)cnc3n2S(=O)(=O)C2C=C(C(C)C)C=CC2)CC1. The highest BCUT2D eigenvalue weighted by Crippen LogP contribution is 2.37. The number of rotatable bonds is 6. The number of nitrogens with zero attached hydrogens (tertiary/aromatic N) is 2. The van der Waals surface area contributed by atoms with E-state index in [2.05, 4.69) is 4.98 Å². The Morgan fingerprint density at radius 3 is 2.54 bits per heavy atom. The van der Waals surface area contributed by atoms with Crippen LogP contribution in [0.1, 0.15) is 50.5 Å². The van der Waals surface area contributed by atoms with Gasteiger partial charge in [-0.3, -0.25) is 0 Å². The van der Waals surface area contributed by atoms with Crippen molar-refractivity contribution in [3.05, 3.63) is 76.7 Å². The Labute approximate surface area is 212 Å². The number of fused-ring (bicyclic) bond motifs is 1. The number of halogens is 3. The number of pyridine rings is 1. The van der Waals surface area contributed by atoms with Gasteiger partial charge in [-0.05, 0) is 48.5 Å². The van der Waals surface area contributed by atoms with Crippen LogP contribution in [0.4, 0.5) is 13.2 Å². The standard InChI is InChI=1S/C26H27F3N2O5S/c1-15(2)18-5-4-6-21(12-18)37(34,35)31-22(13-19-11-20(26(27,28)29)14-30-24(19)31)23(32)16-7-9-17(10-8-16)25(33)36-3/h4-5,7,9,11-15,21,23,32H,6,8,10H2,1-3H3. The van der Waals surface area contributed by atoms with Gasteiger partial charge >= 0.3 is 12.1 Å². The summed E-state index contributed by atoms with van der Waals surface area (Å²) in [4.78, 5) is 15.7. The minimum atomic E-state index is -4.68. The minimum absolute atomic E-state index is 0.0611. The van der Waals surface area contributed by atoms with E-state index in [4.69, 9.17) is 4.74 Å². The molecule has 11 heteroatoms. The van der Waals surface area contributed by atoms with E-state index in [0.717, 1.165) is 15.6 Å². The van der Waals surface area contributed by atoms with Crippen LogP contribution in [-0.2, 0) is 25.7 Å². The summed E-state index contributed by atoms with van der Waals surface area (Å²) in [6.45, 7) is 3.86. The second-order valence-electron chi connectivity index (χ2n) is 9.34. The summed E-state index contributed by atoms with van der Waals surface area (Å²) in [6, 6.07) is 2.05. The van der Waals surface area contributed by atoms with E-state index in [-0.39, 0.29) is 41.9 Å². The molecule has 0 saturated heterocycles. The van der Waals surface area contributed by atoms with Crippen LogP contribution < -0.4 is 0 Å². The summed E-state index contributed by atoms with van der Waals surface area (Å²) in [5.41, 5.74) is 0.283. The molecule has 0 saturated carbocycles. The maximum absolute atomic E-state index is 13.9. The van der Waals surface area contributed by atoms with Gasteiger partial charge in [-0.25, -0.2) is 22.2 Å². The topological polar surface area (TPSA) is 98.5 Å². The first-order valence-corrected chi connectivity index (χ1v) is 13.2. The first kappa shape index (κ1) is 26.9. The van der Waals surface area contributed by atoms with Crippen LogP contribution in [0.2, 0.25) is 0 Å². The van der Waals surface area contributed by atoms with E-state index < -0.39 is 39.1 Å². The Hall–Kier alpha value is -3.18. The van der Waals surface area contributed by atoms with Crippen molar-refractivity contribution >= 4 is 27.0 Å². The lowest BCUT2D eigenvalue weighted by Gasteiger charge is -2.24. The Balaban J connectivity index is 1.88. The number of hydrogen-bond acceptors (Lipinski definition) is 6. The number of esters is 1. The molecule has 0 spiro atoms. The van der Waals surface area contributed by atoms with Crippen LogP contribution in [0, 0.1) is 5.92 Å². The van der Waals surface area contributed by atoms with Gasteiger partial charge in [-0.2, -0.15) is 13.2 Å². The highest BCUT2D eigenvalue weighted by atomic mass is 32.2. The fourth-order valence-corrected chi connectivity index (χ4v) is 6.27. The molecular formula is C26H27F3N2O5S. The predicted octanol–water partition coefficient (Wildman–Crippen LogP) is 5.00. The predicted molar refractivity (Wildman–Crippen MR) is 132 cm³/mol. The van der Waals surface area contributed by atoms with Crippen LogP contribution in [0.15, 0.2) is 65.4 Å². The quantitative estimate of drug-likeness (QED) is 0.522. The van der Waals surface area contributed by atoms with Crippen LogP contribution >= 0.6 is 0 Å².